The van der Waals surface area contributed by atoms with Crippen molar-refractivity contribution in [2.45, 2.75) is 56.3 Å². The maximum absolute atomic E-state index is 2.67. The predicted octanol–water partition coefficient (Wildman–Crippen LogP) is 12.3. The Balaban J connectivity index is 1.37. The van der Waals surface area contributed by atoms with Gasteiger partial charge < -0.3 is 0 Å². The third kappa shape index (κ3) is 3.29. The smallest absolute Gasteiger partial charge is 0.0619 e. The van der Waals surface area contributed by atoms with Crippen LogP contribution < -0.4 is 0 Å². The van der Waals surface area contributed by atoms with Gasteiger partial charge in [0.05, 0.1) is 10.8 Å². The molecule has 0 bridgehead atoms. The van der Waals surface area contributed by atoms with Crippen molar-refractivity contribution < 1.29 is 0 Å². The van der Waals surface area contributed by atoms with Crippen LogP contribution >= 0.6 is 0 Å². The summed E-state index contributed by atoms with van der Waals surface area (Å²) in [5.41, 5.74) is 22.5. The first kappa shape index (κ1) is 29.3. The molecule has 0 aliphatic heterocycles. The molecule has 0 saturated carbocycles. The van der Waals surface area contributed by atoms with Gasteiger partial charge in [0.1, 0.15) is 0 Å². The van der Waals surface area contributed by atoms with Gasteiger partial charge in [-0.05, 0) is 106 Å². The molecule has 7 aromatic carbocycles. The molecule has 2 spiro atoms. The zero-order chi connectivity index (χ0) is 34.5. The van der Waals surface area contributed by atoms with Crippen LogP contribution in [-0.2, 0) is 21.7 Å². The van der Waals surface area contributed by atoms with Crippen LogP contribution in [-0.4, -0.2) is 0 Å². The predicted molar refractivity (Wildman–Crippen MR) is 211 cm³/mol. The van der Waals surface area contributed by atoms with Gasteiger partial charge in [0.25, 0.3) is 0 Å². The molecule has 4 aliphatic carbocycles. The lowest BCUT2D eigenvalue weighted by Gasteiger charge is -2.49. The lowest BCUT2D eigenvalue weighted by Crippen LogP contribution is -2.44. The normalized spacial score (nSPS) is 16.8. The molecule has 11 rings (SSSR count). The number of rotatable bonds is 0. The summed E-state index contributed by atoms with van der Waals surface area (Å²) in [5, 5.41) is 0. The molecule has 0 atom stereocenters. The average Bonchev–Trinajstić information content (AvgIpc) is 3.70. The van der Waals surface area contributed by atoms with E-state index >= 15 is 0 Å². The molecule has 7 aromatic rings. The Labute approximate surface area is 301 Å². The zero-order valence-electron chi connectivity index (χ0n) is 29.9. The van der Waals surface area contributed by atoms with Crippen molar-refractivity contribution in [1.82, 2.24) is 0 Å². The van der Waals surface area contributed by atoms with Crippen LogP contribution in [0.5, 0.6) is 0 Å². The molecular weight excluding hydrogens is 613 g/mol. The summed E-state index contributed by atoms with van der Waals surface area (Å²) in [4.78, 5) is 0. The van der Waals surface area contributed by atoms with Crippen molar-refractivity contribution in [3.8, 4) is 33.4 Å². The fourth-order valence-electron chi connectivity index (χ4n) is 10.9. The first-order valence-corrected chi connectivity index (χ1v) is 18.5. The summed E-state index contributed by atoms with van der Waals surface area (Å²) in [6, 6.07) is 58.9. The van der Waals surface area contributed by atoms with E-state index in [2.05, 4.69) is 186 Å². The van der Waals surface area contributed by atoms with Crippen LogP contribution in [0, 0.1) is 0 Å². The molecule has 4 aliphatic rings. The van der Waals surface area contributed by atoms with E-state index in [4.69, 9.17) is 0 Å². The van der Waals surface area contributed by atoms with E-state index in [-0.39, 0.29) is 10.8 Å². The molecule has 0 heterocycles. The second-order valence-electron chi connectivity index (χ2n) is 16.8. The Bertz CT molecular complexity index is 2560. The molecule has 0 nitrogen and oxygen atoms in total. The fourth-order valence-corrected chi connectivity index (χ4v) is 10.9. The fraction of sp³-hybridized carbons (Fsp3) is 0.176. The van der Waals surface area contributed by atoms with Crippen LogP contribution in [0.15, 0.2) is 152 Å². The number of benzene rings is 7. The van der Waals surface area contributed by atoms with Gasteiger partial charge >= 0.3 is 0 Å². The van der Waals surface area contributed by atoms with Crippen molar-refractivity contribution in [1.29, 1.82) is 0 Å². The van der Waals surface area contributed by atoms with Crippen molar-refractivity contribution >= 4 is 0 Å². The molecule has 0 N–H and O–H groups in total. The molecule has 0 amide bonds. The maximum Gasteiger partial charge on any atom is 0.0720 e. The largest absolute Gasteiger partial charge is 0.0720 e. The van der Waals surface area contributed by atoms with Crippen LogP contribution in [0.2, 0.25) is 0 Å². The summed E-state index contributed by atoms with van der Waals surface area (Å²) in [6.45, 7) is 11.9. The lowest BCUT2D eigenvalue weighted by molar-refractivity contribution is 0.584. The zero-order valence-corrected chi connectivity index (χ0v) is 29.9. The van der Waals surface area contributed by atoms with E-state index in [9.17, 15) is 0 Å². The summed E-state index contributed by atoms with van der Waals surface area (Å²) in [6.07, 6.45) is 0. The minimum absolute atomic E-state index is 0.0728. The Morgan fingerprint density at radius 2 is 0.667 bits per heavy atom. The van der Waals surface area contributed by atoms with Gasteiger partial charge in [-0.3, -0.25) is 0 Å². The Hall–Kier alpha value is -5.46. The summed E-state index contributed by atoms with van der Waals surface area (Å²) in [5.74, 6) is 0. The topological polar surface area (TPSA) is 0 Å². The van der Waals surface area contributed by atoms with E-state index < -0.39 is 10.8 Å². The van der Waals surface area contributed by atoms with Gasteiger partial charge in [0.15, 0.2) is 0 Å². The van der Waals surface area contributed by atoms with Crippen molar-refractivity contribution in [2.75, 3.05) is 0 Å². The van der Waals surface area contributed by atoms with Crippen LogP contribution in [0.4, 0.5) is 0 Å². The van der Waals surface area contributed by atoms with Crippen LogP contribution in [0.1, 0.15) is 95.8 Å². The first-order valence-electron chi connectivity index (χ1n) is 18.5. The average molecular weight is 653 g/mol. The van der Waals surface area contributed by atoms with Gasteiger partial charge in [-0.15, -0.1) is 0 Å². The third-order valence-electron chi connectivity index (χ3n) is 13.1. The van der Waals surface area contributed by atoms with Gasteiger partial charge in [0.2, 0.25) is 0 Å². The lowest BCUT2D eigenvalue weighted by atomic mass is 9.52. The second kappa shape index (κ2) is 9.45. The third-order valence-corrected chi connectivity index (χ3v) is 13.1. The molecular formula is C51H40. The molecule has 51 heavy (non-hydrogen) atoms. The van der Waals surface area contributed by atoms with E-state index in [0.717, 1.165) is 0 Å². The van der Waals surface area contributed by atoms with Gasteiger partial charge in [-0.25, -0.2) is 0 Å². The summed E-state index contributed by atoms with van der Waals surface area (Å²) in [7, 11) is 0. The van der Waals surface area contributed by atoms with Gasteiger partial charge in [0, 0.05) is 5.41 Å². The highest BCUT2D eigenvalue weighted by Gasteiger charge is 2.59. The van der Waals surface area contributed by atoms with Gasteiger partial charge in [-0.1, -0.05) is 180 Å². The molecule has 244 valence electrons. The Morgan fingerprint density at radius 3 is 1.10 bits per heavy atom. The Kier molecular flexibility index (Phi) is 5.43. The second-order valence-corrected chi connectivity index (χ2v) is 16.8. The minimum atomic E-state index is -0.468. The highest BCUT2D eigenvalue weighted by atomic mass is 14.6. The van der Waals surface area contributed by atoms with E-state index in [1.807, 2.05) is 0 Å². The molecule has 0 radical (unpaired) electrons. The molecule has 0 aromatic heterocycles. The van der Waals surface area contributed by atoms with E-state index in [1.165, 1.54) is 94.6 Å². The highest BCUT2D eigenvalue weighted by molar-refractivity contribution is 5.95. The minimum Gasteiger partial charge on any atom is -0.0619 e. The SMILES string of the molecule is CC(C)(C)c1ccc2c(c1)C(C)(C)c1cc3c(cc1-2)C1(c2ccccc2-c2ccccc21)c1ccccc1C31c2ccccc2-c2ccccc21. The van der Waals surface area contributed by atoms with E-state index in [1.54, 1.807) is 0 Å². The standard InChI is InChI=1S/C51H40/c1-48(2,3)31-26-27-36-37-29-46-47(30-45(37)49(4,5)44(36)28-31)51(40-22-12-8-18-34(40)35-19-9-13-23-41(35)51)43-25-15-14-24-42(43)50(46)38-20-10-6-16-32(38)33-17-7-11-21-39(33)50/h6-30H,1-5H3. The summed E-state index contributed by atoms with van der Waals surface area (Å²) < 4.78 is 0. The highest BCUT2D eigenvalue weighted by Crippen LogP contribution is 2.68. The molecule has 0 saturated heterocycles. The van der Waals surface area contributed by atoms with Crippen molar-refractivity contribution in [2.24, 2.45) is 0 Å². The number of hydrogen-bond acceptors (Lipinski definition) is 0. The number of fused-ring (bicyclic) bond motifs is 19. The number of hydrogen-bond donors (Lipinski definition) is 0. The van der Waals surface area contributed by atoms with Crippen LogP contribution in [0.3, 0.4) is 0 Å². The van der Waals surface area contributed by atoms with Gasteiger partial charge in [-0.2, -0.15) is 0 Å². The van der Waals surface area contributed by atoms with Crippen molar-refractivity contribution in [3.05, 3.63) is 213 Å². The van der Waals surface area contributed by atoms with Crippen molar-refractivity contribution in [3.63, 3.8) is 0 Å². The molecule has 0 unspecified atom stereocenters. The van der Waals surface area contributed by atoms with E-state index in [0.29, 0.717) is 0 Å². The monoisotopic (exact) mass is 652 g/mol. The Morgan fingerprint density at radius 1 is 0.314 bits per heavy atom. The molecule has 0 heteroatoms. The molecule has 0 fully saturated rings. The quantitative estimate of drug-likeness (QED) is 0.153. The first-order chi connectivity index (χ1) is 24.7. The summed E-state index contributed by atoms with van der Waals surface area (Å²) >= 11 is 0. The van der Waals surface area contributed by atoms with Crippen LogP contribution in [0.25, 0.3) is 33.4 Å². The maximum atomic E-state index is 2.67.